The van der Waals surface area contributed by atoms with E-state index in [2.05, 4.69) is 51.2 Å². The summed E-state index contributed by atoms with van der Waals surface area (Å²) in [4.78, 5) is 18.4. The second-order valence-electron chi connectivity index (χ2n) is 15.3. The van der Waals surface area contributed by atoms with Crippen LogP contribution in [-0.2, 0) is 20.3 Å². The maximum absolute atomic E-state index is 12.0. The van der Waals surface area contributed by atoms with E-state index in [-0.39, 0.29) is 16.9 Å². The SMILES string of the molecule is C[C@H]1CC2(CC[C@@H]1Nc1ccc3c(-c4ccc(OCc5ccccc5)nc4OCc4ccccc4)nn(C)c3c1)CN(C(=O)O)C2C(C)(C)C. The topological polar surface area (TPSA) is 102 Å². The molecular formula is C41H47N5O4. The largest absolute Gasteiger partial charge is 0.473 e. The van der Waals surface area contributed by atoms with Crippen molar-refractivity contribution < 1.29 is 19.4 Å². The number of likely N-dealkylation sites (tertiary alicyclic amines) is 1. The minimum atomic E-state index is -0.801. The Morgan fingerprint density at radius 3 is 2.28 bits per heavy atom. The molecule has 7 rings (SSSR count). The minimum absolute atomic E-state index is 0.0423. The molecule has 9 nitrogen and oxygen atoms in total. The lowest BCUT2D eigenvalue weighted by atomic mass is 9.54. The van der Waals surface area contributed by atoms with Crippen molar-refractivity contribution in [2.24, 2.45) is 23.8 Å². The summed E-state index contributed by atoms with van der Waals surface area (Å²) in [6.45, 7) is 10.2. The van der Waals surface area contributed by atoms with Crippen LogP contribution in [0.3, 0.4) is 0 Å². The molecule has 2 fully saturated rings. The lowest BCUT2D eigenvalue weighted by Gasteiger charge is -2.64. The number of carbonyl (C=O) groups is 1. The molecule has 9 heteroatoms. The first-order valence-electron chi connectivity index (χ1n) is 17.6. The molecule has 1 saturated heterocycles. The summed E-state index contributed by atoms with van der Waals surface area (Å²) in [6.07, 6.45) is 2.23. The van der Waals surface area contributed by atoms with Crippen LogP contribution in [0, 0.1) is 16.7 Å². The average Bonchev–Trinajstić information content (AvgIpc) is 3.41. The van der Waals surface area contributed by atoms with Gasteiger partial charge < -0.3 is 24.8 Å². The Morgan fingerprint density at radius 1 is 0.960 bits per heavy atom. The molecule has 1 aliphatic heterocycles. The molecule has 0 radical (unpaired) electrons. The van der Waals surface area contributed by atoms with Gasteiger partial charge in [-0.25, -0.2) is 4.79 Å². The standard InChI is InChI=1S/C41H47N5O4/c1-27-23-41(26-46(39(47)48)38(41)40(2,3)4)21-20-33(27)42-30-16-17-31-34(22-30)45(5)44-36(31)32-18-19-35(49-24-28-12-8-6-9-13-28)43-37(32)50-25-29-14-10-7-11-15-29/h6-19,22,27,33,38,42H,20-21,23-26H2,1-5H3,(H,47,48)/t27-,33-,38?,41?/m0/s1. The van der Waals surface area contributed by atoms with E-state index in [4.69, 9.17) is 19.6 Å². The van der Waals surface area contributed by atoms with Crippen LogP contribution in [0.4, 0.5) is 10.5 Å². The number of aromatic nitrogens is 3. The second-order valence-corrected chi connectivity index (χ2v) is 15.3. The van der Waals surface area contributed by atoms with Crippen molar-refractivity contribution in [1.29, 1.82) is 0 Å². The van der Waals surface area contributed by atoms with Gasteiger partial charge in [-0.2, -0.15) is 10.1 Å². The van der Waals surface area contributed by atoms with Gasteiger partial charge in [0.2, 0.25) is 11.8 Å². The Morgan fingerprint density at radius 2 is 1.64 bits per heavy atom. The first kappa shape index (κ1) is 33.4. The Labute approximate surface area is 294 Å². The summed E-state index contributed by atoms with van der Waals surface area (Å²) in [5, 5.41) is 19.6. The number of hydrogen-bond acceptors (Lipinski definition) is 6. The van der Waals surface area contributed by atoms with Crippen molar-refractivity contribution in [2.75, 3.05) is 11.9 Å². The average molecular weight is 674 g/mol. The van der Waals surface area contributed by atoms with E-state index >= 15 is 0 Å². The molecule has 0 bridgehead atoms. The fourth-order valence-electron chi connectivity index (χ4n) is 8.53. The van der Waals surface area contributed by atoms with E-state index in [9.17, 15) is 9.90 Å². The van der Waals surface area contributed by atoms with Crippen LogP contribution >= 0.6 is 0 Å². The highest BCUT2D eigenvalue weighted by molar-refractivity contribution is 5.96. The lowest BCUT2D eigenvalue weighted by molar-refractivity contribution is -0.134. The zero-order valence-electron chi connectivity index (χ0n) is 29.6. The molecule has 1 saturated carbocycles. The number of amides is 1. The van der Waals surface area contributed by atoms with Crippen LogP contribution in [0.25, 0.3) is 22.2 Å². The highest BCUT2D eigenvalue weighted by atomic mass is 16.5. The quantitative estimate of drug-likeness (QED) is 0.161. The third kappa shape index (κ3) is 6.61. The van der Waals surface area contributed by atoms with Crippen LogP contribution in [0.15, 0.2) is 91.0 Å². The predicted molar refractivity (Wildman–Crippen MR) is 196 cm³/mol. The van der Waals surface area contributed by atoms with Crippen molar-refractivity contribution in [3.05, 3.63) is 102 Å². The minimum Gasteiger partial charge on any atom is -0.473 e. The molecule has 2 unspecified atom stereocenters. The van der Waals surface area contributed by atoms with E-state index < -0.39 is 6.09 Å². The zero-order valence-corrected chi connectivity index (χ0v) is 29.6. The van der Waals surface area contributed by atoms with Gasteiger partial charge in [0.05, 0.1) is 11.1 Å². The molecule has 2 aromatic heterocycles. The Kier molecular flexibility index (Phi) is 8.93. The molecular weight excluding hydrogens is 626 g/mol. The third-order valence-corrected chi connectivity index (χ3v) is 10.6. The van der Waals surface area contributed by atoms with Crippen molar-refractivity contribution in [3.63, 3.8) is 0 Å². The van der Waals surface area contributed by atoms with Crippen LogP contribution in [0.1, 0.15) is 58.1 Å². The summed E-state index contributed by atoms with van der Waals surface area (Å²) < 4.78 is 14.3. The molecule has 260 valence electrons. The van der Waals surface area contributed by atoms with Crippen molar-refractivity contribution >= 4 is 22.7 Å². The van der Waals surface area contributed by atoms with Crippen molar-refractivity contribution in [3.8, 4) is 23.0 Å². The summed E-state index contributed by atoms with van der Waals surface area (Å²) in [7, 11) is 1.97. The number of rotatable bonds is 9. The lowest BCUT2D eigenvalue weighted by Crippen LogP contribution is -2.72. The van der Waals surface area contributed by atoms with Gasteiger partial charge in [-0.1, -0.05) is 88.4 Å². The molecule has 2 N–H and O–H groups in total. The number of ether oxygens (including phenoxy) is 2. The normalized spacial score (nSPS) is 21.9. The maximum Gasteiger partial charge on any atom is 0.407 e. The zero-order chi connectivity index (χ0) is 35.0. The fraction of sp³-hybridized carbons (Fsp3) is 0.390. The fourth-order valence-corrected chi connectivity index (χ4v) is 8.53. The first-order chi connectivity index (χ1) is 24.0. The number of hydrogen-bond donors (Lipinski definition) is 2. The van der Waals surface area contributed by atoms with E-state index in [1.54, 1.807) is 4.90 Å². The van der Waals surface area contributed by atoms with Crippen LogP contribution in [0.2, 0.25) is 0 Å². The van der Waals surface area contributed by atoms with Crippen molar-refractivity contribution in [1.82, 2.24) is 19.7 Å². The summed E-state index contributed by atoms with van der Waals surface area (Å²) >= 11 is 0. The summed E-state index contributed by atoms with van der Waals surface area (Å²) in [5.74, 6) is 1.36. The predicted octanol–water partition coefficient (Wildman–Crippen LogP) is 8.79. The molecule has 1 aliphatic carbocycles. The van der Waals surface area contributed by atoms with Crippen LogP contribution < -0.4 is 14.8 Å². The number of nitrogens with one attached hydrogen (secondary N) is 1. The van der Waals surface area contributed by atoms with E-state index in [0.717, 1.165) is 58.2 Å². The van der Waals surface area contributed by atoms with Gasteiger partial charge in [-0.15, -0.1) is 0 Å². The maximum atomic E-state index is 12.0. The molecule has 3 heterocycles. The van der Waals surface area contributed by atoms with Crippen LogP contribution in [0.5, 0.6) is 11.8 Å². The number of nitrogens with zero attached hydrogens (tertiary/aromatic N) is 4. The van der Waals surface area contributed by atoms with Gasteiger partial charge in [0.1, 0.15) is 18.9 Å². The Bertz CT molecular complexity index is 1970. The number of carboxylic acid groups (broad SMARTS) is 1. The van der Waals surface area contributed by atoms with Gasteiger partial charge >= 0.3 is 6.09 Å². The van der Waals surface area contributed by atoms with Crippen molar-refractivity contribution in [2.45, 2.75) is 72.3 Å². The van der Waals surface area contributed by atoms with Gasteiger partial charge in [0.15, 0.2) is 0 Å². The summed E-state index contributed by atoms with van der Waals surface area (Å²) in [5.41, 5.74) is 5.72. The Hall–Kier alpha value is -5.05. The molecule has 2 aliphatic rings. The highest BCUT2D eigenvalue weighted by Gasteiger charge is 2.60. The number of fused-ring (bicyclic) bond motifs is 1. The Balaban J connectivity index is 1.11. The third-order valence-electron chi connectivity index (χ3n) is 10.6. The molecule has 1 amide bonds. The first-order valence-corrected chi connectivity index (χ1v) is 17.6. The summed E-state index contributed by atoms with van der Waals surface area (Å²) in [6, 6.07) is 30.7. The van der Waals surface area contributed by atoms with E-state index in [0.29, 0.717) is 43.5 Å². The van der Waals surface area contributed by atoms with Gasteiger partial charge in [-0.3, -0.25) is 4.68 Å². The highest BCUT2D eigenvalue weighted by Crippen LogP contribution is 2.56. The molecule has 1 spiro atoms. The molecule has 5 aromatic rings. The number of aryl methyl sites for hydroxylation is 1. The number of pyridine rings is 1. The molecule has 50 heavy (non-hydrogen) atoms. The van der Waals surface area contributed by atoms with Crippen LogP contribution in [-0.4, -0.2) is 49.5 Å². The van der Waals surface area contributed by atoms with Gasteiger partial charge in [-0.05, 0) is 66.0 Å². The van der Waals surface area contributed by atoms with Gasteiger partial charge in [0, 0.05) is 48.2 Å². The van der Waals surface area contributed by atoms with Gasteiger partial charge in [0.25, 0.3) is 0 Å². The van der Waals surface area contributed by atoms with E-state index in [1.165, 1.54) is 0 Å². The van der Waals surface area contributed by atoms with E-state index in [1.807, 2.05) is 84.5 Å². The smallest absolute Gasteiger partial charge is 0.407 e. The monoisotopic (exact) mass is 673 g/mol. The second kappa shape index (κ2) is 13.3. The molecule has 4 atom stereocenters. The molecule has 3 aromatic carbocycles. The number of anilines is 1. The number of benzene rings is 3.